The summed E-state index contributed by atoms with van der Waals surface area (Å²) in [5.41, 5.74) is 0.700. The minimum Gasteiger partial charge on any atom is -0.280 e. The Morgan fingerprint density at radius 1 is 1.15 bits per heavy atom. The highest BCUT2D eigenvalue weighted by atomic mass is 127. The zero-order valence-electron chi connectivity index (χ0n) is 9.97. The molecule has 0 aliphatic rings. The Bertz CT molecular complexity index is 783. The van der Waals surface area contributed by atoms with Crippen LogP contribution in [0.1, 0.15) is 5.56 Å². The summed E-state index contributed by atoms with van der Waals surface area (Å²) in [4.78, 5) is 0.0139. The molecule has 0 radical (unpaired) electrons. The zero-order valence-corrected chi connectivity index (χ0v) is 13.7. The van der Waals surface area contributed by atoms with E-state index in [1.54, 1.807) is 24.3 Å². The smallest absolute Gasteiger partial charge is 0.261 e. The standard InChI is InChI=1S/C13H8ClIN2O2S/c14-13-7-12(6-1-9(13)8-16)20(18,19)17-11-4-2-10(15)3-5-11/h1-7,17H. The van der Waals surface area contributed by atoms with Gasteiger partial charge in [0.15, 0.2) is 0 Å². The first-order valence-corrected chi connectivity index (χ1v) is 8.34. The SMILES string of the molecule is N#Cc1ccc(S(=O)(=O)Nc2ccc(I)cc2)cc1Cl. The van der Waals surface area contributed by atoms with Crippen LogP contribution in [0.3, 0.4) is 0 Å². The van der Waals surface area contributed by atoms with Crippen LogP contribution in [-0.4, -0.2) is 8.42 Å². The Hall–Kier alpha value is -1.30. The fraction of sp³-hybridized carbons (Fsp3) is 0. The van der Waals surface area contributed by atoms with Crippen LogP contribution in [-0.2, 0) is 10.0 Å². The number of nitrogens with zero attached hydrogens (tertiary/aromatic N) is 1. The van der Waals surface area contributed by atoms with Crippen molar-refractivity contribution in [1.82, 2.24) is 0 Å². The van der Waals surface area contributed by atoms with Gasteiger partial charge in [0.05, 0.1) is 15.5 Å². The second-order valence-electron chi connectivity index (χ2n) is 3.87. The van der Waals surface area contributed by atoms with E-state index in [0.717, 1.165) is 3.57 Å². The summed E-state index contributed by atoms with van der Waals surface area (Å²) in [5.74, 6) is 0. The second kappa shape index (κ2) is 5.99. The molecule has 7 heteroatoms. The van der Waals surface area contributed by atoms with Crippen molar-refractivity contribution in [3.05, 3.63) is 56.6 Å². The van der Waals surface area contributed by atoms with E-state index in [1.807, 2.05) is 6.07 Å². The lowest BCUT2D eigenvalue weighted by Gasteiger charge is -2.08. The fourth-order valence-corrected chi connectivity index (χ4v) is 3.22. The molecule has 2 aromatic carbocycles. The molecule has 0 amide bonds. The highest BCUT2D eigenvalue weighted by Crippen LogP contribution is 2.22. The number of benzene rings is 2. The van der Waals surface area contributed by atoms with E-state index in [0.29, 0.717) is 5.69 Å². The number of rotatable bonds is 3. The van der Waals surface area contributed by atoms with Crippen LogP contribution in [0.25, 0.3) is 0 Å². The van der Waals surface area contributed by atoms with Crippen LogP contribution in [0.2, 0.25) is 5.02 Å². The highest BCUT2D eigenvalue weighted by molar-refractivity contribution is 14.1. The maximum atomic E-state index is 12.2. The first-order chi connectivity index (χ1) is 9.42. The molecule has 0 aliphatic heterocycles. The van der Waals surface area contributed by atoms with Gasteiger partial charge >= 0.3 is 0 Å². The largest absolute Gasteiger partial charge is 0.280 e. The van der Waals surface area contributed by atoms with Gasteiger partial charge in [0.2, 0.25) is 0 Å². The first kappa shape index (κ1) is 15.1. The van der Waals surface area contributed by atoms with Crippen molar-refractivity contribution in [3.8, 4) is 6.07 Å². The van der Waals surface area contributed by atoms with E-state index in [2.05, 4.69) is 27.3 Å². The molecule has 102 valence electrons. The monoisotopic (exact) mass is 418 g/mol. The molecule has 20 heavy (non-hydrogen) atoms. The number of nitrogens with one attached hydrogen (secondary N) is 1. The predicted molar refractivity (Wildman–Crippen MR) is 86.1 cm³/mol. The molecule has 0 saturated carbocycles. The zero-order chi connectivity index (χ0) is 14.8. The van der Waals surface area contributed by atoms with Crippen LogP contribution in [0, 0.1) is 14.9 Å². The van der Waals surface area contributed by atoms with Gasteiger partial charge in [-0.05, 0) is 65.1 Å². The van der Waals surface area contributed by atoms with Crippen molar-refractivity contribution in [2.24, 2.45) is 0 Å². The Morgan fingerprint density at radius 3 is 2.35 bits per heavy atom. The van der Waals surface area contributed by atoms with Crippen LogP contribution in [0.4, 0.5) is 5.69 Å². The highest BCUT2D eigenvalue weighted by Gasteiger charge is 2.15. The number of halogens is 2. The molecule has 0 heterocycles. The van der Waals surface area contributed by atoms with Crippen LogP contribution >= 0.6 is 34.2 Å². The molecule has 2 rings (SSSR count). The molecular formula is C13H8ClIN2O2S. The molecule has 0 saturated heterocycles. The van der Waals surface area contributed by atoms with Gasteiger partial charge in [-0.15, -0.1) is 0 Å². The molecule has 0 fully saturated rings. The van der Waals surface area contributed by atoms with E-state index in [1.165, 1.54) is 18.2 Å². The summed E-state index contributed by atoms with van der Waals surface area (Å²) >= 11 is 7.98. The minimum absolute atomic E-state index is 0.0139. The number of sulfonamides is 1. The van der Waals surface area contributed by atoms with E-state index in [-0.39, 0.29) is 15.5 Å². The van der Waals surface area contributed by atoms with Gasteiger partial charge in [0.1, 0.15) is 6.07 Å². The third-order valence-electron chi connectivity index (χ3n) is 2.47. The number of nitriles is 1. The molecule has 0 unspecified atom stereocenters. The van der Waals surface area contributed by atoms with E-state index >= 15 is 0 Å². The molecule has 4 nitrogen and oxygen atoms in total. The van der Waals surface area contributed by atoms with Crippen molar-refractivity contribution in [2.45, 2.75) is 4.90 Å². The summed E-state index contributed by atoms with van der Waals surface area (Å²) in [6.07, 6.45) is 0. The third kappa shape index (κ3) is 3.42. The normalized spacial score (nSPS) is 10.8. The molecule has 0 bridgehead atoms. The van der Waals surface area contributed by atoms with Crippen LogP contribution < -0.4 is 4.72 Å². The number of anilines is 1. The van der Waals surface area contributed by atoms with Crippen molar-refractivity contribution in [3.63, 3.8) is 0 Å². The van der Waals surface area contributed by atoms with E-state index < -0.39 is 10.0 Å². The summed E-state index contributed by atoms with van der Waals surface area (Å²) in [6, 6.07) is 12.8. The van der Waals surface area contributed by atoms with Crippen molar-refractivity contribution in [2.75, 3.05) is 4.72 Å². The van der Waals surface area contributed by atoms with Gasteiger partial charge < -0.3 is 0 Å². The summed E-state index contributed by atoms with van der Waals surface area (Å²) in [7, 11) is -3.72. The summed E-state index contributed by atoms with van der Waals surface area (Å²) in [6.45, 7) is 0. The van der Waals surface area contributed by atoms with Gasteiger partial charge in [-0.25, -0.2) is 8.42 Å². The molecule has 0 aromatic heterocycles. The van der Waals surface area contributed by atoms with Crippen LogP contribution in [0.5, 0.6) is 0 Å². The van der Waals surface area contributed by atoms with Gasteiger partial charge in [-0.3, -0.25) is 4.72 Å². The quantitative estimate of drug-likeness (QED) is 0.774. The van der Waals surface area contributed by atoms with E-state index in [9.17, 15) is 8.42 Å². The average Bonchev–Trinajstić information content (AvgIpc) is 2.41. The average molecular weight is 419 g/mol. The summed E-state index contributed by atoms with van der Waals surface area (Å²) < 4.78 is 27.8. The van der Waals surface area contributed by atoms with Gasteiger partial charge in [0.25, 0.3) is 10.0 Å². The van der Waals surface area contributed by atoms with Gasteiger partial charge in [-0.1, -0.05) is 11.6 Å². The molecule has 2 aromatic rings. The Balaban J connectivity index is 2.33. The maximum absolute atomic E-state index is 12.2. The Labute approximate surface area is 135 Å². The molecule has 0 spiro atoms. The molecular weight excluding hydrogens is 411 g/mol. The minimum atomic E-state index is -3.72. The lowest BCUT2D eigenvalue weighted by atomic mass is 10.2. The van der Waals surface area contributed by atoms with E-state index in [4.69, 9.17) is 16.9 Å². The lowest BCUT2D eigenvalue weighted by Crippen LogP contribution is -2.13. The second-order valence-corrected chi connectivity index (χ2v) is 7.20. The Kier molecular flexibility index (Phi) is 4.52. The molecule has 0 atom stereocenters. The maximum Gasteiger partial charge on any atom is 0.261 e. The molecule has 1 N–H and O–H groups in total. The topological polar surface area (TPSA) is 70.0 Å². The third-order valence-corrected chi connectivity index (χ3v) is 4.88. The van der Waals surface area contributed by atoms with Crippen molar-refractivity contribution >= 4 is 49.9 Å². The van der Waals surface area contributed by atoms with Crippen molar-refractivity contribution < 1.29 is 8.42 Å². The Morgan fingerprint density at radius 2 is 1.80 bits per heavy atom. The van der Waals surface area contributed by atoms with Gasteiger partial charge in [-0.2, -0.15) is 5.26 Å². The van der Waals surface area contributed by atoms with Gasteiger partial charge in [0, 0.05) is 9.26 Å². The predicted octanol–water partition coefficient (Wildman–Crippen LogP) is 3.62. The molecule has 0 aliphatic carbocycles. The number of hydrogen-bond donors (Lipinski definition) is 1. The first-order valence-electron chi connectivity index (χ1n) is 5.40. The fourth-order valence-electron chi connectivity index (χ4n) is 1.49. The lowest BCUT2D eigenvalue weighted by molar-refractivity contribution is 0.601. The summed E-state index contributed by atoms with van der Waals surface area (Å²) in [5, 5.41) is 8.88. The number of hydrogen-bond acceptors (Lipinski definition) is 3. The van der Waals surface area contributed by atoms with Crippen molar-refractivity contribution in [1.29, 1.82) is 5.26 Å². The van der Waals surface area contributed by atoms with Crippen LogP contribution in [0.15, 0.2) is 47.4 Å².